The van der Waals surface area contributed by atoms with Gasteiger partial charge in [0.2, 0.25) is 0 Å². The number of aromatic nitrogens is 3. The second-order valence-corrected chi connectivity index (χ2v) is 7.46. The Labute approximate surface area is 186 Å². The third kappa shape index (κ3) is 4.16. The highest BCUT2D eigenvalue weighted by Gasteiger charge is 2.20. The molecule has 0 fully saturated rings. The first-order chi connectivity index (χ1) is 15.5. The monoisotopic (exact) mass is 434 g/mol. The van der Waals surface area contributed by atoms with Gasteiger partial charge in [0.15, 0.2) is 22.9 Å². The Hall–Kier alpha value is -3.81. The van der Waals surface area contributed by atoms with Crippen LogP contribution in [0.1, 0.15) is 35.0 Å². The van der Waals surface area contributed by atoms with Gasteiger partial charge in [-0.3, -0.25) is 9.48 Å². The number of pyridine rings is 1. The van der Waals surface area contributed by atoms with Crippen LogP contribution in [-0.4, -0.2) is 34.4 Å². The number of nitrogens with one attached hydrogen (secondary N) is 1. The van der Waals surface area contributed by atoms with Crippen molar-refractivity contribution in [1.29, 1.82) is 0 Å². The first kappa shape index (κ1) is 21.4. The summed E-state index contributed by atoms with van der Waals surface area (Å²) in [5, 5.41) is 8.17. The number of ether oxygens (including phenoxy) is 2. The number of fused-ring (bicyclic) bond motifs is 1. The summed E-state index contributed by atoms with van der Waals surface area (Å²) in [5.74, 6) is 1.70. The Balaban J connectivity index is 1.61. The SMILES string of the molecule is CCCOc1ccc(CNC(=O)c2cc(-c3ccco3)nc3c2c(C)nn3C)cc1OC. The fourth-order valence-corrected chi connectivity index (χ4v) is 3.61. The molecule has 0 aliphatic heterocycles. The molecule has 0 unspecified atom stereocenters. The molecule has 0 bridgehead atoms. The molecule has 8 nitrogen and oxygen atoms in total. The largest absolute Gasteiger partial charge is 0.493 e. The molecule has 0 aliphatic rings. The van der Waals surface area contributed by atoms with Gasteiger partial charge >= 0.3 is 0 Å². The lowest BCUT2D eigenvalue weighted by atomic mass is 10.1. The summed E-state index contributed by atoms with van der Waals surface area (Å²) in [6.07, 6.45) is 2.49. The van der Waals surface area contributed by atoms with E-state index in [4.69, 9.17) is 13.9 Å². The quantitative estimate of drug-likeness (QED) is 0.445. The maximum atomic E-state index is 13.2. The lowest BCUT2D eigenvalue weighted by Crippen LogP contribution is -2.23. The predicted molar refractivity (Wildman–Crippen MR) is 121 cm³/mol. The summed E-state index contributed by atoms with van der Waals surface area (Å²) in [6, 6.07) is 11.0. The van der Waals surface area contributed by atoms with Crippen molar-refractivity contribution in [2.24, 2.45) is 7.05 Å². The number of hydrogen-bond donors (Lipinski definition) is 1. The Bertz CT molecular complexity index is 1240. The van der Waals surface area contributed by atoms with Gasteiger partial charge in [-0.1, -0.05) is 13.0 Å². The normalized spacial score (nSPS) is 11.0. The van der Waals surface area contributed by atoms with E-state index in [2.05, 4.69) is 15.4 Å². The number of amides is 1. The van der Waals surface area contributed by atoms with E-state index in [1.54, 1.807) is 30.2 Å². The second-order valence-electron chi connectivity index (χ2n) is 7.46. The van der Waals surface area contributed by atoms with Crippen molar-refractivity contribution in [3.05, 3.63) is 59.5 Å². The van der Waals surface area contributed by atoms with E-state index in [1.165, 1.54) is 0 Å². The van der Waals surface area contributed by atoms with E-state index in [1.807, 2.05) is 45.2 Å². The van der Waals surface area contributed by atoms with E-state index in [0.717, 1.165) is 23.1 Å². The fourth-order valence-electron chi connectivity index (χ4n) is 3.61. The third-order valence-corrected chi connectivity index (χ3v) is 5.13. The number of hydrogen-bond acceptors (Lipinski definition) is 6. The van der Waals surface area contributed by atoms with Crippen LogP contribution in [0.2, 0.25) is 0 Å². The molecule has 0 saturated carbocycles. The smallest absolute Gasteiger partial charge is 0.252 e. The van der Waals surface area contributed by atoms with Crippen LogP contribution in [0.25, 0.3) is 22.5 Å². The highest BCUT2D eigenvalue weighted by Crippen LogP contribution is 2.29. The zero-order valence-corrected chi connectivity index (χ0v) is 18.6. The third-order valence-electron chi connectivity index (χ3n) is 5.13. The number of methoxy groups -OCH3 is 1. The molecule has 3 heterocycles. The Morgan fingerprint density at radius 1 is 1.22 bits per heavy atom. The Morgan fingerprint density at radius 3 is 2.78 bits per heavy atom. The molecule has 166 valence electrons. The lowest BCUT2D eigenvalue weighted by molar-refractivity contribution is 0.0952. The van der Waals surface area contributed by atoms with E-state index in [-0.39, 0.29) is 5.91 Å². The van der Waals surface area contributed by atoms with E-state index in [9.17, 15) is 4.79 Å². The maximum Gasteiger partial charge on any atom is 0.252 e. The fraction of sp³-hybridized carbons (Fsp3) is 0.292. The van der Waals surface area contributed by atoms with Crippen LogP contribution in [0.3, 0.4) is 0 Å². The second kappa shape index (κ2) is 9.13. The number of benzene rings is 1. The van der Waals surface area contributed by atoms with E-state index in [0.29, 0.717) is 47.3 Å². The maximum absolute atomic E-state index is 13.2. The van der Waals surface area contributed by atoms with Crippen molar-refractivity contribution in [3.63, 3.8) is 0 Å². The summed E-state index contributed by atoms with van der Waals surface area (Å²) >= 11 is 0. The number of aryl methyl sites for hydroxylation is 2. The molecule has 0 saturated heterocycles. The zero-order chi connectivity index (χ0) is 22.7. The van der Waals surface area contributed by atoms with Crippen LogP contribution in [-0.2, 0) is 13.6 Å². The summed E-state index contributed by atoms with van der Waals surface area (Å²) in [7, 11) is 3.41. The van der Waals surface area contributed by atoms with Gasteiger partial charge < -0.3 is 19.2 Å². The number of carbonyl (C=O) groups excluding carboxylic acids is 1. The molecule has 4 aromatic rings. The van der Waals surface area contributed by atoms with Crippen LogP contribution in [0.15, 0.2) is 47.1 Å². The van der Waals surface area contributed by atoms with Gasteiger partial charge in [0.05, 0.1) is 36.6 Å². The standard InChI is InChI=1S/C24H26N4O4/c1-5-10-31-20-9-8-16(12-21(20)30-4)14-25-24(29)17-13-18(19-7-6-11-32-19)26-23-22(17)15(2)27-28(23)3/h6-9,11-13H,5,10,14H2,1-4H3,(H,25,29). The van der Waals surface area contributed by atoms with Crippen molar-refractivity contribution < 1.29 is 18.7 Å². The molecule has 0 radical (unpaired) electrons. The molecule has 3 aromatic heterocycles. The van der Waals surface area contributed by atoms with Crippen LogP contribution >= 0.6 is 0 Å². The molecule has 1 amide bonds. The lowest BCUT2D eigenvalue weighted by Gasteiger charge is -2.12. The van der Waals surface area contributed by atoms with Crippen molar-refractivity contribution in [1.82, 2.24) is 20.1 Å². The van der Waals surface area contributed by atoms with Crippen molar-refractivity contribution in [2.75, 3.05) is 13.7 Å². The Kier molecular flexibility index (Phi) is 6.11. The minimum absolute atomic E-state index is 0.216. The summed E-state index contributed by atoms with van der Waals surface area (Å²) in [6.45, 7) is 4.87. The number of furan rings is 1. The molecular formula is C24H26N4O4. The van der Waals surface area contributed by atoms with Gasteiger partial charge in [0, 0.05) is 13.6 Å². The van der Waals surface area contributed by atoms with Crippen LogP contribution < -0.4 is 14.8 Å². The highest BCUT2D eigenvalue weighted by molar-refractivity contribution is 6.07. The number of nitrogens with zero attached hydrogens (tertiary/aromatic N) is 3. The van der Waals surface area contributed by atoms with Crippen molar-refractivity contribution in [2.45, 2.75) is 26.8 Å². The van der Waals surface area contributed by atoms with E-state index < -0.39 is 0 Å². The molecule has 0 atom stereocenters. The molecule has 32 heavy (non-hydrogen) atoms. The van der Waals surface area contributed by atoms with Gasteiger partial charge in [-0.2, -0.15) is 5.10 Å². The zero-order valence-electron chi connectivity index (χ0n) is 18.6. The van der Waals surface area contributed by atoms with E-state index >= 15 is 0 Å². The molecule has 1 aromatic carbocycles. The van der Waals surface area contributed by atoms with Gasteiger partial charge in [-0.05, 0) is 49.2 Å². The first-order valence-electron chi connectivity index (χ1n) is 10.5. The molecular weight excluding hydrogens is 408 g/mol. The van der Waals surface area contributed by atoms with Gasteiger partial charge in [-0.25, -0.2) is 4.98 Å². The van der Waals surface area contributed by atoms with Gasteiger partial charge in [0.25, 0.3) is 5.91 Å². The average molecular weight is 434 g/mol. The average Bonchev–Trinajstić information content (AvgIpc) is 3.44. The van der Waals surface area contributed by atoms with Crippen molar-refractivity contribution in [3.8, 4) is 23.0 Å². The summed E-state index contributed by atoms with van der Waals surface area (Å²) in [5.41, 5.74) is 3.35. The topological polar surface area (TPSA) is 91.4 Å². The molecule has 0 aliphatic carbocycles. The van der Waals surface area contributed by atoms with Crippen LogP contribution in [0.4, 0.5) is 0 Å². The molecule has 1 N–H and O–H groups in total. The molecule has 8 heteroatoms. The van der Waals surface area contributed by atoms with Crippen LogP contribution in [0.5, 0.6) is 11.5 Å². The highest BCUT2D eigenvalue weighted by atomic mass is 16.5. The molecule has 0 spiro atoms. The minimum atomic E-state index is -0.216. The first-order valence-corrected chi connectivity index (χ1v) is 10.5. The van der Waals surface area contributed by atoms with Gasteiger partial charge in [0.1, 0.15) is 5.69 Å². The minimum Gasteiger partial charge on any atom is -0.493 e. The number of rotatable bonds is 8. The summed E-state index contributed by atoms with van der Waals surface area (Å²) < 4.78 is 18.3. The predicted octanol–water partition coefficient (Wildman–Crippen LogP) is 4.26. The van der Waals surface area contributed by atoms with Crippen molar-refractivity contribution >= 4 is 16.9 Å². The molecule has 4 rings (SSSR count). The van der Waals surface area contributed by atoms with Gasteiger partial charge in [-0.15, -0.1) is 0 Å². The van der Waals surface area contributed by atoms with Crippen LogP contribution in [0, 0.1) is 6.92 Å². The number of carbonyl (C=O) groups is 1. The summed E-state index contributed by atoms with van der Waals surface area (Å²) in [4.78, 5) is 17.9. The Morgan fingerprint density at radius 2 is 2.06 bits per heavy atom.